The van der Waals surface area contributed by atoms with E-state index in [2.05, 4.69) is 16.8 Å². The maximum Gasteiger partial charge on any atom is 0.340 e. The Morgan fingerprint density at radius 2 is 2.33 bits per heavy atom. The topological polar surface area (TPSA) is 62.3 Å². The van der Waals surface area contributed by atoms with Gasteiger partial charge in [-0.2, -0.15) is 0 Å². The Morgan fingerprint density at radius 1 is 1.50 bits per heavy atom. The summed E-state index contributed by atoms with van der Waals surface area (Å²) in [6.07, 6.45) is 2.07. The molecule has 18 heavy (non-hydrogen) atoms. The molecule has 0 atom stereocenters. The highest BCUT2D eigenvalue weighted by molar-refractivity contribution is 6.04. The van der Waals surface area contributed by atoms with Gasteiger partial charge in [0.25, 0.3) is 0 Å². The molecule has 1 aromatic carbocycles. The number of aromatic nitrogens is 1. The van der Waals surface area contributed by atoms with Crippen LogP contribution in [0.25, 0.3) is 10.9 Å². The van der Waals surface area contributed by atoms with Crippen molar-refractivity contribution < 1.29 is 14.6 Å². The fraction of sp³-hybridized carbons (Fsp3) is 0.214. The van der Waals surface area contributed by atoms with Crippen LogP contribution in [0.2, 0.25) is 0 Å². The number of methoxy groups -OCH3 is 1. The second-order valence-corrected chi connectivity index (χ2v) is 3.73. The van der Waals surface area contributed by atoms with Crippen LogP contribution >= 0.6 is 0 Å². The molecule has 0 aliphatic carbocycles. The molecule has 0 aliphatic rings. The van der Waals surface area contributed by atoms with Gasteiger partial charge in [0.05, 0.1) is 19.3 Å². The highest BCUT2D eigenvalue weighted by Crippen LogP contribution is 2.20. The van der Waals surface area contributed by atoms with Crippen molar-refractivity contribution in [2.24, 2.45) is 0 Å². The summed E-state index contributed by atoms with van der Waals surface area (Å²) < 4.78 is 4.71. The van der Waals surface area contributed by atoms with Crippen molar-refractivity contribution in [1.29, 1.82) is 0 Å². The van der Waals surface area contributed by atoms with Crippen molar-refractivity contribution in [3.8, 4) is 11.8 Å². The summed E-state index contributed by atoms with van der Waals surface area (Å²) in [6, 6.07) is 5.57. The smallest absolute Gasteiger partial charge is 0.340 e. The lowest BCUT2D eigenvalue weighted by Crippen LogP contribution is -1.99. The van der Waals surface area contributed by atoms with Crippen molar-refractivity contribution in [3.63, 3.8) is 0 Å². The van der Waals surface area contributed by atoms with Gasteiger partial charge in [-0.3, -0.25) is 0 Å². The number of hydrogen-bond donors (Lipinski definition) is 2. The number of fused-ring (bicyclic) bond motifs is 1. The van der Waals surface area contributed by atoms with Gasteiger partial charge in [-0.15, -0.1) is 0 Å². The molecule has 4 nitrogen and oxygen atoms in total. The number of carbonyl (C=O) groups excluding carboxylic acids is 1. The number of rotatable bonds is 2. The van der Waals surface area contributed by atoms with Gasteiger partial charge in [-0.1, -0.05) is 11.8 Å². The maximum atomic E-state index is 11.5. The summed E-state index contributed by atoms with van der Waals surface area (Å²) in [7, 11) is 1.35. The third kappa shape index (κ3) is 2.36. The van der Waals surface area contributed by atoms with Gasteiger partial charge < -0.3 is 14.8 Å². The van der Waals surface area contributed by atoms with E-state index in [1.807, 2.05) is 18.2 Å². The summed E-state index contributed by atoms with van der Waals surface area (Å²) in [5.74, 6) is 5.41. The number of carbonyl (C=O) groups is 1. The van der Waals surface area contributed by atoms with Crippen molar-refractivity contribution in [1.82, 2.24) is 4.98 Å². The SMILES string of the molecule is COC(=O)c1c[nH]c2ccc(C#CCCO)cc12. The van der Waals surface area contributed by atoms with E-state index in [1.165, 1.54) is 7.11 Å². The fourth-order valence-corrected chi connectivity index (χ4v) is 1.70. The first-order valence-corrected chi connectivity index (χ1v) is 5.55. The lowest BCUT2D eigenvalue weighted by molar-refractivity contribution is 0.0603. The van der Waals surface area contributed by atoms with Gasteiger partial charge in [0.2, 0.25) is 0 Å². The minimum atomic E-state index is -0.373. The van der Waals surface area contributed by atoms with E-state index in [-0.39, 0.29) is 12.6 Å². The third-order valence-corrected chi connectivity index (χ3v) is 2.56. The van der Waals surface area contributed by atoms with Gasteiger partial charge in [0, 0.05) is 29.1 Å². The first-order chi connectivity index (χ1) is 8.76. The predicted molar refractivity (Wildman–Crippen MR) is 68.2 cm³/mol. The lowest BCUT2D eigenvalue weighted by Gasteiger charge is -1.97. The van der Waals surface area contributed by atoms with Gasteiger partial charge in [-0.05, 0) is 18.2 Å². The summed E-state index contributed by atoms with van der Waals surface area (Å²) in [6.45, 7) is 0.0484. The number of esters is 1. The van der Waals surface area contributed by atoms with E-state index >= 15 is 0 Å². The Morgan fingerprint density at radius 3 is 3.06 bits per heavy atom. The largest absolute Gasteiger partial charge is 0.465 e. The van der Waals surface area contributed by atoms with E-state index < -0.39 is 0 Å². The zero-order valence-electron chi connectivity index (χ0n) is 9.99. The Bertz CT molecular complexity index is 631. The second kappa shape index (κ2) is 5.39. The van der Waals surface area contributed by atoms with E-state index in [9.17, 15) is 4.79 Å². The Labute approximate surface area is 105 Å². The highest BCUT2D eigenvalue weighted by atomic mass is 16.5. The molecule has 2 aromatic rings. The summed E-state index contributed by atoms with van der Waals surface area (Å²) in [5, 5.41) is 9.45. The van der Waals surface area contributed by atoms with Crippen LogP contribution in [0.4, 0.5) is 0 Å². The van der Waals surface area contributed by atoms with Gasteiger partial charge in [-0.25, -0.2) is 4.79 Å². The van der Waals surface area contributed by atoms with Crippen LogP contribution in [0, 0.1) is 11.8 Å². The van der Waals surface area contributed by atoms with E-state index in [1.54, 1.807) is 6.20 Å². The van der Waals surface area contributed by atoms with Crippen LogP contribution in [-0.2, 0) is 4.74 Å². The molecule has 0 saturated carbocycles. The molecular formula is C14H13NO3. The minimum Gasteiger partial charge on any atom is -0.465 e. The van der Waals surface area contributed by atoms with Crippen molar-refractivity contribution >= 4 is 16.9 Å². The van der Waals surface area contributed by atoms with Crippen LogP contribution in [0.1, 0.15) is 22.3 Å². The minimum absolute atomic E-state index is 0.0484. The Kier molecular flexibility index (Phi) is 3.66. The number of aliphatic hydroxyl groups is 1. The van der Waals surface area contributed by atoms with Crippen LogP contribution in [-0.4, -0.2) is 29.8 Å². The molecule has 0 bridgehead atoms. The maximum absolute atomic E-state index is 11.5. The zero-order chi connectivity index (χ0) is 13.0. The molecule has 4 heteroatoms. The van der Waals surface area contributed by atoms with Gasteiger partial charge >= 0.3 is 5.97 Å². The molecule has 0 amide bonds. The number of nitrogens with one attached hydrogen (secondary N) is 1. The molecular weight excluding hydrogens is 230 g/mol. The first kappa shape index (κ1) is 12.2. The van der Waals surface area contributed by atoms with Crippen LogP contribution in [0.15, 0.2) is 24.4 Å². The Balaban J connectivity index is 2.43. The first-order valence-electron chi connectivity index (χ1n) is 5.55. The lowest BCUT2D eigenvalue weighted by atomic mass is 10.1. The number of aromatic amines is 1. The van der Waals surface area contributed by atoms with Crippen molar-refractivity contribution in [2.45, 2.75) is 6.42 Å². The predicted octanol–water partition coefficient (Wildman–Crippen LogP) is 1.69. The molecule has 1 heterocycles. The second-order valence-electron chi connectivity index (χ2n) is 3.73. The molecule has 0 unspecified atom stereocenters. The molecule has 0 fully saturated rings. The molecule has 2 rings (SSSR count). The normalized spacial score (nSPS) is 9.89. The highest BCUT2D eigenvalue weighted by Gasteiger charge is 2.11. The summed E-state index contributed by atoms with van der Waals surface area (Å²) in [5.41, 5.74) is 2.17. The number of H-pyrrole nitrogens is 1. The number of benzene rings is 1. The number of ether oxygens (including phenoxy) is 1. The standard InChI is InChI=1S/C14H13NO3/c1-18-14(17)12-9-15-13-6-5-10(8-11(12)13)4-2-3-7-16/h5-6,8-9,15-16H,3,7H2,1H3. The molecule has 1 aromatic heterocycles. The number of aliphatic hydroxyl groups excluding tert-OH is 1. The summed E-state index contributed by atoms with van der Waals surface area (Å²) in [4.78, 5) is 14.6. The molecule has 2 N–H and O–H groups in total. The Hall–Kier alpha value is -2.25. The fourth-order valence-electron chi connectivity index (χ4n) is 1.70. The van der Waals surface area contributed by atoms with Crippen molar-refractivity contribution in [2.75, 3.05) is 13.7 Å². The van der Waals surface area contributed by atoms with Gasteiger partial charge in [0.1, 0.15) is 0 Å². The molecule has 0 spiro atoms. The molecule has 0 aliphatic heterocycles. The molecule has 0 radical (unpaired) electrons. The molecule has 0 saturated heterocycles. The summed E-state index contributed by atoms with van der Waals surface area (Å²) >= 11 is 0. The quantitative estimate of drug-likeness (QED) is 0.623. The monoisotopic (exact) mass is 243 g/mol. The molecule has 92 valence electrons. The third-order valence-electron chi connectivity index (χ3n) is 2.56. The van der Waals surface area contributed by atoms with Crippen LogP contribution in [0.5, 0.6) is 0 Å². The average molecular weight is 243 g/mol. The average Bonchev–Trinajstić information content (AvgIpc) is 2.81. The number of hydrogen-bond acceptors (Lipinski definition) is 3. The van der Waals surface area contributed by atoms with E-state index in [0.29, 0.717) is 12.0 Å². The van der Waals surface area contributed by atoms with Crippen LogP contribution < -0.4 is 0 Å². The zero-order valence-corrected chi connectivity index (χ0v) is 9.99. The van der Waals surface area contributed by atoms with Crippen molar-refractivity contribution in [3.05, 3.63) is 35.5 Å². The van der Waals surface area contributed by atoms with Gasteiger partial charge in [0.15, 0.2) is 0 Å². The van der Waals surface area contributed by atoms with Crippen LogP contribution in [0.3, 0.4) is 0 Å². The van der Waals surface area contributed by atoms with E-state index in [4.69, 9.17) is 9.84 Å². The van der Waals surface area contributed by atoms with E-state index in [0.717, 1.165) is 16.5 Å².